The van der Waals surface area contributed by atoms with Gasteiger partial charge in [-0.2, -0.15) is 0 Å². The molecular formula is C13H19N3O2S. The molecule has 6 heteroatoms. The summed E-state index contributed by atoms with van der Waals surface area (Å²) in [6.45, 7) is 5.77. The summed E-state index contributed by atoms with van der Waals surface area (Å²) in [6, 6.07) is 5.15. The quantitative estimate of drug-likeness (QED) is 0.875. The van der Waals surface area contributed by atoms with Crippen LogP contribution < -0.4 is 5.32 Å². The van der Waals surface area contributed by atoms with Gasteiger partial charge in [0.05, 0.1) is 17.0 Å². The fraction of sp³-hybridized carbons (Fsp3) is 0.462. The predicted octanol–water partition coefficient (Wildman–Crippen LogP) is 1.71. The number of H-pyrrole nitrogens is 1. The Labute approximate surface area is 113 Å². The highest BCUT2D eigenvalue weighted by Gasteiger charge is 2.14. The van der Waals surface area contributed by atoms with Gasteiger partial charge in [0.2, 0.25) is 0 Å². The molecule has 0 radical (unpaired) electrons. The number of nitrogens with zero attached hydrogens (tertiary/aromatic N) is 1. The zero-order valence-corrected chi connectivity index (χ0v) is 12.2. The molecule has 0 saturated carbocycles. The van der Waals surface area contributed by atoms with Gasteiger partial charge in [0.1, 0.15) is 11.3 Å². The molecule has 5 nitrogen and oxygen atoms in total. The number of fused-ring (bicyclic) bond motifs is 1. The number of imidazole rings is 1. The first-order valence-electron chi connectivity index (χ1n) is 6.26. The Bertz CT molecular complexity index is 674. The molecule has 19 heavy (non-hydrogen) atoms. The molecule has 1 aromatic heterocycles. The van der Waals surface area contributed by atoms with Gasteiger partial charge in [0, 0.05) is 6.26 Å². The van der Waals surface area contributed by atoms with Crippen molar-refractivity contribution >= 4 is 20.9 Å². The highest BCUT2D eigenvalue weighted by atomic mass is 32.2. The Balaban J connectivity index is 2.30. The Morgan fingerprint density at radius 3 is 2.74 bits per heavy atom. The fourth-order valence-electron chi connectivity index (χ4n) is 1.92. The van der Waals surface area contributed by atoms with Crippen LogP contribution in [0, 0.1) is 5.92 Å². The van der Waals surface area contributed by atoms with Crippen molar-refractivity contribution in [2.75, 3.05) is 12.8 Å². The fourth-order valence-corrected chi connectivity index (χ4v) is 2.75. The monoisotopic (exact) mass is 281 g/mol. The van der Waals surface area contributed by atoms with E-state index in [0.717, 1.165) is 17.9 Å². The molecule has 0 atom stereocenters. The van der Waals surface area contributed by atoms with Crippen molar-refractivity contribution in [2.24, 2.45) is 5.92 Å². The minimum Gasteiger partial charge on any atom is -0.341 e. The van der Waals surface area contributed by atoms with Crippen LogP contribution in [0.15, 0.2) is 23.1 Å². The van der Waals surface area contributed by atoms with Gasteiger partial charge in [0.25, 0.3) is 0 Å². The molecule has 2 aromatic rings. The van der Waals surface area contributed by atoms with Gasteiger partial charge in [-0.1, -0.05) is 19.9 Å². The Hall–Kier alpha value is -1.40. The summed E-state index contributed by atoms with van der Waals surface area (Å²) in [5, 5.41) is 3.28. The van der Waals surface area contributed by atoms with Gasteiger partial charge >= 0.3 is 0 Å². The molecule has 1 heterocycles. The molecule has 0 fully saturated rings. The van der Waals surface area contributed by atoms with Crippen molar-refractivity contribution in [1.29, 1.82) is 0 Å². The standard InChI is InChI=1S/C13H19N3O2S/c1-9(2)7-14-8-12-15-10-5-4-6-11(13(10)16-12)19(3,17)18/h4-6,9,14H,7-8H2,1-3H3,(H,15,16). The zero-order valence-electron chi connectivity index (χ0n) is 11.4. The lowest BCUT2D eigenvalue weighted by molar-refractivity contribution is 0.545. The third kappa shape index (κ3) is 3.33. The van der Waals surface area contributed by atoms with E-state index < -0.39 is 9.84 Å². The second kappa shape index (κ2) is 5.30. The topological polar surface area (TPSA) is 74.8 Å². The molecular weight excluding hydrogens is 262 g/mol. The Kier molecular flexibility index (Phi) is 3.91. The van der Waals surface area contributed by atoms with Crippen LogP contribution in [0.1, 0.15) is 19.7 Å². The second-order valence-electron chi connectivity index (χ2n) is 5.13. The molecule has 0 aliphatic heterocycles. The molecule has 0 amide bonds. The van der Waals surface area contributed by atoms with Crippen LogP contribution in [0.2, 0.25) is 0 Å². The van der Waals surface area contributed by atoms with E-state index >= 15 is 0 Å². The van der Waals surface area contributed by atoms with Gasteiger partial charge < -0.3 is 10.3 Å². The summed E-state index contributed by atoms with van der Waals surface area (Å²) < 4.78 is 23.4. The number of nitrogens with one attached hydrogen (secondary N) is 2. The van der Waals surface area contributed by atoms with E-state index in [1.807, 2.05) is 6.07 Å². The second-order valence-corrected chi connectivity index (χ2v) is 7.12. The SMILES string of the molecule is CC(C)CNCc1nc2c(S(C)(=O)=O)cccc2[nH]1. The summed E-state index contributed by atoms with van der Waals surface area (Å²) in [4.78, 5) is 7.80. The first-order chi connectivity index (χ1) is 8.88. The van der Waals surface area contributed by atoms with Crippen LogP contribution in [-0.2, 0) is 16.4 Å². The van der Waals surface area contributed by atoms with Gasteiger partial charge in [-0.05, 0) is 24.6 Å². The maximum absolute atomic E-state index is 11.7. The maximum Gasteiger partial charge on any atom is 0.177 e. The largest absolute Gasteiger partial charge is 0.341 e. The summed E-state index contributed by atoms with van der Waals surface area (Å²) in [6.07, 6.45) is 1.20. The Morgan fingerprint density at radius 2 is 2.11 bits per heavy atom. The normalized spacial score (nSPS) is 12.4. The van der Waals surface area contributed by atoms with Gasteiger partial charge in [0.15, 0.2) is 9.84 Å². The average molecular weight is 281 g/mol. The minimum absolute atomic E-state index is 0.274. The van der Waals surface area contributed by atoms with Crippen LogP contribution in [0.4, 0.5) is 0 Å². The highest BCUT2D eigenvalue weighted by Crippen LogP contribution is 2.20. The van der Waals surface area contributed by atoms with Crippen molar-refractivity contribution in [1.82, 2.24) is 15.3 Å². The predicted molar refractivity (Wildman–Crippen MR) is 75.7 cm³/mol. The van der Waals surface area contributed by atoms with Crippen molar-refractivity contribution in [3.63, 3.8) is 0 Å². The first kappa shape index (κ1) is 14.0. The zero-order chi connectivity index (χ0) is 14.0. The van der Waals surface area contributed by atoms with Crippen LogP contribution >= 0.6 is 0 Å². The van der Waals surface area contributed by atoms with Crippen molar-refractivity contribution in [3.8, 4) is 0 Å². The first-order valence-corrected chi connectivity index (χ1v) is 8.15. The van der Waals surface area contributed by atoms with Crippen molar-refractivity contribution in [3.05, 3.63) is 24.0 Å². The van der Waals surface area contributed by atoms with E-state index in [4.69, 9.17) is 0 Å². The maximum atomic E-state index is 11.7. The molecule has 0 aliphatic carbocycles. The molecule has 0 spiro atoms. The number of rotatable bonds is 5. The van der Waals surface area contributed by atoms with Crippen LogP contribution in [0.3, 0.4) is 0 Å². The molecule has 0 bridgehead atoms. The van der Waals surface area contributed by atoms with E-state index in [9.17, 15) is 8.42 Å². The minimum atomic E-state index is -3.25. The third-order valence-corrected chi connectivity index (χ3v) is 3.90. The van der Waals surface area contributed by atoms with Gasteiger partial charge in [-0.3, -0.25) is 0 Å². The molecule has 0 unspecified atom stereocenters. The van der Waals surface area contributed by atoms with Crippen molar-refractivity contribution in [2.45, 2.75) is 25.3 Å². The number of hydrogen-bond acceptors (Lipinski definition) is 4. The lowest BCUT2D eigenvalue weighted by atomic mass is 10.2. The van der Waals surface area contributed by atoms with Crippen LogP contribution in [0.25, 0.3) is 11.0 Å². The lowest BCUT2D eigenvalue weighted by Crippen LogP contribution is -2.19. The molecule has 104 valence electrons. The number of benzene rings is 1. The van der Waals surface area contributed by atoms with E-state index in [1.54, 1.807) is 12.1 Å². The number of hydrogen-bond donors (Lipinski definition) is 2. The van der Waals surface area contributed by atoms with Gasteiger partial charge in [-0.25, -0.2) is 13.4 Å². The molecule has 2 rings (SSSR count). The summed E-state index contributed by atoms with van der Waals surface area (Å²) >= 11 is 0. The number of aromatic nitrogens is 2. The summed E-state index contributed by atoms with van der Waals surface area (Å²) in [5.74, 6) is 1.32. The number of aromatic amines is 1. The average Bonchev–Trinajstić information content (AvgIpc) is 2.69. The lowest BCUT2D eigenvalue weighted by Gasteiger charge is -2.04. The number of sulfone groups is 1. The van der Waals surface area contributed by atoms with Crippen LogP contribution in [0.5, 0.6) is 0 Å². The van der Waals surface area contributed by atoms with E-state index in [-0.39, 0.29) is 4.90 Å². The highest BCUT2D eigenvalue weighted by molar-refractivity contribution is 7.91. The van der Waals surface area contributed by atoms with Gasteiger partial charge in [-0.15, -0.1) is 0 Å². The third-order valence-electron chi connectivity index (χ3n) is 2.77. The smallest absolute Gasteiger partial charge is 0.177 e. The van der Waals surface area contributed by atoms with Crippen molar-refractivity contribution < 1.29 is 8.42 Å². The number of para-hydroxylation sites is 1. The molecule has 0 saturated heterocycles. The Morgan fingerprint density at radius 1 is 1.37 bits per heavy atom. The van der Waals surface area contributed by atoms with E-state index in [0.29, 0.717) is 18.0 Å². The summed E-state index contributed by atoms with van der Waals surface area (Å²) in [7, 11) is -3.25. The van der Waals surface area contributed by atoms with E-state index in [1.165, 1.54) is 6.26 Å². The summed E-state index contributed by atoms with van der Waals surface area (Å²) in [5.41, 5.74) is 1.27. The molecule has 0 aliphatic rings. The van der Waals surface area contributed by atoms with Crippen LogP contribution in [-0.4, -0.2) is 31.2 Å². The molecule has 1 aromatic carbocycles. The van der Waals surface area contributed by atoms with E-state index in [2.05, 4.69) is 29.1 Å². The molecule has 2 N–H and O–H groups in total.